The molecular formula is C5H9N3S. The Morgan fingerprint density at radius 2 is 2.44 bits per heavy atom. The molecular weight excluding hydrogens is 134 g/mol. The Morgan fingerprint density at radius 3 is 2.89 bits per heavy atom. The zero-order chi connectivity index (χ0) is 7.11. The third-order valence-electron chi connectivity index (χ3n) is 0.596. The predicted octanol–water partition coefficient (Wildman–Crippen LogP) is -0.0687. The molecule has 0 aliphatic rings. The first-order valence-corrected chi connectivity index (χ1v) is 3.35. The van der Waals surface area contributed by atoms with E-state index in [1.807, 2.05) is 0 Å². The SMILES string of the molecule is CC#CCSC(N)=NN. The molecule has 9 heavy (non-hydrogen) atoms. The van der Waals surface area contributed by atoms with Crippen LogP contribution in [0.4, 0.5) is 0 Å². The molecule has 0 radical (unpaired) electrons. The Hall–Kier alpha value is -0.820. The zero-order valence-electron chi connectivity index (χ0n) is 5.22. The maximum atomic E-state index is 5.23. The van der Waals surface area contributed by atoms with Gasteiger partial charge in [-0.1, -0.05) is 17.7 Å². The minimum Gasteiger partial charge on any atom is -0.377 e. The van der Waals surface area contributed by atoms with Crippen molar-refractivity contribution < 1.29 is 0 Å². The van der Waals surface area contributed by atoms with E-state index in [4.69, 9.17) is 11.6 Å². The van der Waals surface area contributed by atoms with Crippen LogP contribution < -0.4 is 11.6 Å². The zero-order valence-corrected chi connectivity index (χ0v) is 6.03. The average Bonchev–Trinajstić information content (AvgIpc) is 1.89. The van der Waals surface area contributed by atoms with Crippen molar-refractivity contribution in [1.82, 2.24) is 0 Å². The van der Waals surface area contributed by atoms with Crippen LogP contribution in [0, 0.1) is 11.8 Å². The van der Waals surface area contributed by atoms with Crippen molar-refractivity contribution in [2.75, 3.05) is 5.75 Å². The van der Waals surface area contributed by atoms with Crippen molar-refractivity contribution >= 4 is 16.9 Å². The summed E-state index contributed by atoms with van der Waals surface area (Å²) in [6.45, 7) is 1.77. The Labute approximate surface area is 58.9 Å². The van der Waals surface area contributed by atoms with E-state index in [1.165, 1.54) is 11.8 Å². The number of hydrazone groups is 1. The van der Waals surface area contributed by atoms with Crippen LogP contribution in [0.3, 0.4) is 0 Å². The van der Waals surface area contributed by atoms with Gasteiger partial charge in [0.1, 0.15) is 0 Å². The molecule has 0 aliphatic heterocycles. The summed E-state index contributed by atoms with van der Waals surface area (Å²) >= 11 is 1.33. The van der Waals surface area contributed by atoms with E-state index in [1.54, 1.807) is 6.92 Å². The second-order valence-electron chi connectivity index (χ2n) is 1.18. The smallest absolute Gasteiger partial charge is 0.178 e. The summed E-state index contributed by atoms with van der Waals surface area (Å²) < 4.78 is 0. The van der Waals surface area contributed by atoms with E-state index in [0.29, 0.717) is 10.9 Å². The second-order valence-corrected chi connectivity index (χ2v) is 2.18. The van der Waals surface area contributed by atoms with Crippen LogP contribution in [-0.4, -0.2) is 10.9 Å². The summed E-state index contributed by atoms with van der Waals surface area (Å²) in [5.74, 6) is 11.0. The number of hydrogen-bond acceptors (Lipinski definition) is 3. The van der Waals surface area contributed by atoms with Gasteiger partial charge in [0, 0.05) is 0 Å². The van der Waals surface area contributed by atoms with Crippen LogP contribution in [0.15, 0.2) is 5.10 Å². The van der Waals surface area contributed by atoms with Gasteiger partial charge in [-0.05, 0) is 6.92 Å². The Bertz CT molecular complexity index is 153. The predicted molar refractivity (Wildman–Crippen MR) is 41.7 cm³/mol. The largest absolute Gasteiger partial charge is 0.377 e. The molecule has 0 spiro atoms. The molecule has 4 N–H and O–H groups in total. The number of hydrogen-bond donors (Lipinski definition) is 2. The van der Waals surface area contributed by atoms with Gasteiger partial charge in [0.05, 0.1) is 5.75 Å². The summed E-state index contributed by atoms with van der Waals surface area (Å²) in [5.41, 5.74) is 5.23. The average molecular weight is 143 g/mol. The number of rotatable bonds is 1. The van der Waals surface area contributed by atoms with Gasteiger partial charge in [-0.2, -0.15) is 5.10 Å². The summed E-state index contributed by atoms with van der Waals surface area (Å²) in [5, 5.41) is 3.62. The molecule has 0 fully saturated rings. The van der Waals surface area contributed by atoms with Gasteiger partial charge in [-0.25, -0.2) is 0 Å². The highest BCUT2D eigenvalue weighted by molar-refractivity contribution is 8.13. The van der Waals surface area contributed by atoms with Gasteiger partial charge in [0.15, 0.2) is 5.17 Å². The lowest BCUT2D eigenvalue weighted by atomic mass is 10.7. The van der Waals surface area contributed by atoms with Gasteiger partial charge >= 0.3 is 0 Å². The molecule has 0 aromatic heterocycles. The Kier molecular flexibility index (Phi) is 4.83. The molecule has 0 bridgehead atoms. The Balaban J connectivity index is 3.36. The second kappa shape index (κ2) is 5.32. The normalized spacial score (nSPS) is 10.1. The Morgan fingerprint density at radius 1 is 1.78 bits per heavy atom. The molecule has 0 saturated heterocycles. The lowest BCUT2D eigenvalue weighted by Crippen LogP contribution is -2.09. The summed E-state index contributed by atoms with van der Waals surface area (Å²) in [6.07, 6.45) is 0. The standard InChI is InChI=1S/C5H9N3S/c1-2-3-4-9-5(6)8-7/h4,7H2,1H3,(H2,6,8). The fraction of sp³-hybridized carbons (Fsp3) is 0.400. The van der Waals surface area contributed by atoms with Gasteiger partial charge in [0.2, 0.25) is 0 Å². The van der Waals surface area contributed by atoms with E-state index in [2.05, 4.69) is 16.9 Å². The van der Waals surface area contributed by atoms with Crippen LogP contribution in [0.25, 0.3) is 0 Å². The lowest BCUT2D eigenvalue weighted by molar-refractivity contribution is 1.25. The molecule has 0 aliphatic carbocycles. The maximum absolute atomic E-state index is 5.23. The molecule has 0 aromatic rings. The maximum Gasteiger partial charge on any atom is 0.178 e. The topological polar surface area (TPSA) is 64.4 Å². The molecule has 0 aromatic carbocycles. The van der Waals surface area contributed by atoms with E-state index < -0.39 is 0 Å². The number of amidine groups is 1. The van der Waals surface area contributed by atoms with Gasteiger partial charge in [-0.3, -0.25) is 0 Å². The summed E-state index contributed by atoms with van der Waals surface area (Å²) in [4.78, 5) is 0. The fourth-order valence-corrected chi connectivity index (χ4v) is 0.658. The molecule has 0 saturated carbocycles. The summed E-state index contributed by atoms with van der Waals surface area (Å²) in [7, 11) is 0. The molecule has 0 unspecified atom stereocenters. The van der Waals surface area contributed by atoms with E-state index in [9.17, 15) is 0 Å². The molecule has 3 nitrogen and oxygen atoms in total. The van der Waals surface area contributed by atoms with Crippen molar-refractivity contribution in [2.24, 2.45) is 16.7 Å². The molecule has 0 amide bonds. The minimum absolute atomic E-state index is 0.373. The highest BCUT2D eigenvalue weighted by atomic mass is 32.2. The first-order valence-electron chi connectivity index (χ1n) is 2.37. The van der Waals surface area contributed by atoms with Gasteiger partial charge < -0.3 is 11.6 Å². The molecule has 4 heteroatoms. The van der Waals surface area contributed by atoms with Crippen LogP contribution >= 0.6 is 11.8 Å². The molecule has 0 atom stereocenters. The first-order chi connectivity index (χ1) is 4.31. The highest BCUT2D eigenvalue weighted by Gasteiger charge is 1.86. The van der Waals surface area contributed by atoms with E-state index >= 15 is 0 Å². The van der Waals surface area contributed by atoms with Crippen LogP contribution in [0.1, 0.15) is 6.92 Å². The van der Waals surface area contributed by atoms with Crippen molar-refractivity contribution in [3.63, 3.8) is 0 Å². The van der Waals surface area contributed by atoms with Crippen LogP contribution in [0.2, 0.25) is 0 Å². The quantitative estimate of drug-likeness (QED) is 0.177. The highest BCUT2D eigenvalue weighted by Crippen LogP contribution is 1.95. The number of nitrogens with zero attached hydrogens (tertiary/aromatic N) is 1. The van der Waals surface area contributed by atoms with Crippen molar-refractivity contribution in [1.29, 1.82) is 0 Å². The lowest BCUT2D eigenvalue weighted by Gasteiger charge is -1.89. The molecule has 0 heterocycles. The van der Waals surface area contributed by atoms with Crippen LogP contribution in [0.5, 0.6) is 0 Å². The van der Waals surface area contributed by atoms with Crippen LogP contribution in [-0.2, 0) is 0 Å². The van der Waals surface area contributed by atoms with Gasteiger partial charge in [0.25, 0.3) is 0 Å². The third-order valence-corrected chi connectivity index (χ3v) is 1.29. The van der Waals surface area contributed by atoms with E-state index in [0.717, 1.165) is 0 Å². The van der Waals surface area contributed by atoms with Crippen molar-refractivity contribution in [3.05, 3.63) is 0 Å². The van der Waals surface area contributed by atoms with Crippen molar-refractivity contribution in [3.8, 4) is 11.8 Å². The molecule has 50 valence electrons. The fourth-order valence-electron chi connectivity index (χ4n) is 0.219. The first kappa shape index (κ1) is 8.18. The number of nitrogens with two attached hydrogens (primary N) is 2. The van der Waals surface area contributed by atoms with Gasteiger partial charge in [-0.15, -0.1) is 5.92 Å². The summed E-state index contributed by atoms with van der Waals surface area (Å²) in [6, 6.07) is 0. The third kappa shape index (κ3) is 5.04. The number of thioether (sulfide) groups is 1. The van der Waals surface area contributed by atoms with Crippen molar-refractivity contribution in [2.45, 2.75) is 6.92 Å². The monoisotopic (exact) mass is 143 g/mol. The molecule has 0 rings (SSSR count). The van der Waals surface area contributed by atoms with E-state index in [-0.39, 0.29) is 0 Å². The minimum atomic E-state index is 0.373.